The highest BCUT2D eigenvalue weighted by molar-refractivity contribution is 6.30. The molecule has 1 amide bonds. The molecule has 4 rings (SSSR count). The second-order valence-electron chi connectivity index (χ2n) is 8.71. The molecule has 2 aromatic carbocycles. The van der Waals surface area contributed by atoms with Crippen LogP contribution in [0.3, 0.4) is 0 Å². The molecule has 0 saturated heterocycles. The highest BCUT2D eigenvalue weighted by Gasteiger charge is 2.36. The van der Waals surface area contributed by atoms with Crippen molar-refractivity contribution < 1.29 is 22.7 Å². The van der Waals surface area contributed by atoms with Crippen molar-refractivity contribution in [3.63, 3.8) is 0 Å². The van der Waals surface area contributed by atoms with Crippen LogP contribution in [0.1, 0.15) is 38.4 Å². The molecule has 0 atom stereocenters. The average Bonchev–Trinajstić information content (AvgIpc) is 3.25. The topological polar surface area (TPSA) is 59.7 Å². The van der Waals surface area contributed by atoms with Gasteiger partial charge in [0.25, 0.3) is 0 Å². The summed E-state index contributed by atoms with van der Waals surface area (Å²) in [4.78, 5) is 19.4. The summed E-state index contributed by atoms with van der Waals surface area (Å²) in [7, 11) is 0. The molecular weight excluding hydrogens is 517 g/mol. The fourth-order valence-electron chi connectivity index (χ4n) is 4.19. The number of nitrogens with zero attached hydrogens (tertiary/aromatic N) is 4. The molecule has 0 bridgehead atoms. The van der Waals surface area contributed by atoms with E-state index in [1.165, 1.54) is 0 Å². The zero-order valence-electron chi connectivity index (χ0n) is 21.3. The van der Waals surface area contributed by atoms with Gasteiger partial charge in [-0.1, -0.05) is 30.7 Å². The summed E-state index contributed by atoms with van der Waals surface area (Å²) in [5.41, 5.74) is 0.702. The lowest BCUT2D eigenvalue weighted by Gasteiger charge is -2.18. The number of amides is 1. The van der Waals surface area contributed by atoms with Gasteiger partial charge in [-0.2, -0.15) is 18.3 Å². The highest BCUT2D eigenvalue weighted by atomic mass is 35.5. The average molecular weight is 545 g/mol. The summed E-state index contributed by atoms with van der Waals surface area (Å²) in [5.74, 6) is 0.417. The van der Waals surface area contributed by atoms with Crippen LogP contribution in [0.15, 0.2) is 54.6 Å². The van der Waals surface area contributed by atoms with Crippen molar-refractivity contribution in [3.8, 4) is 28.3 Å². The van der Waals surface area contributed by atoms with Gasteiger partial charge in [0.05, 0.1) is 24.4 Å². The third kappa shape index (κ3) is 5.78. The number of aromatic nitrogens is 3. The van der Waals surface area contributed by atoms with E-state index < -0.39 is 11.9 Å². The Morgan fingerprint density at radius 3 is 2.21 bits per heavy atom. The molecular formula is C28H28ClF3N4O2. The normalized spacial score (nSPS) is 11.7. The molecule has 0 N–H and O–H groups in total. The predicted molar refractivity (Wildman–Crippen MR) is 141 cm³/mol. The van der Waals surface area contributed by atoms with Crippen LogP contribution in [0.25, 0.3) is 28.2 Å². The molecule has 0 spiro atoms. The fraction of sp³-hybridized carbons (Fsp3) is 0.321. The van der Waals surface area contributed by atoms with Crippen LogP contribution < -0.4 is 4.74 Å². The summed E-state index contributed by atoms with van der Waals surface area (Å²) in [6.07, 6.45) is -4.03. The van der Waals surface area contributed by atoms with Crippen molar-refractivity contribution in [1.82, 2.24) is 19.5 Å². The Bertz CT molecular complexity index is 1410. The molecule has 200 valence electrons. The van der Waals surface area contributed by atoms with Crippen molar-refractivity contribution in [1.29, 1.82) is 0 Å². The highest BCUT2D eigenvalue weighted by Crippen LogP contribution is 2.36. The first-order valence-corrected chi connectivity index (χ1v) is 12.8. The second-order valence-corrected chi connectivity index (χ2v) is 9.15. The summed E-state index contributed by atoms with van der Waals surface area (Å²) < 4.78 is 49.3. The number of hydrogen-bond acceptors (Lipinski definition) is 4. The first-order chi connectivity index (χ1) is 18.2. The summed E-state index contributed by atoms with van der Waals surface area (Å²) >= 11 is 5.98. The van der Waals surface area contributed by atoms with Crippen LogP contribution in [0, 0.1) is 0 Å². The Morgan fingerprint density at radius 2 is 1.63 bits per heavy atom. The van der Waals surface area contributed by atoms with E-state index in [-0.39, 0.29) is 29.4 Å². The van der Waals surface area contributed by atoms with E-state index in [1.807, 2.05) is 20.8 Å². The third-order valence-electron chi connectivity index (χ3n) is 6.16. The maximum absolute atomic E-state index is 14.3. The standard InChI is InChI=1S/C28H28ClF3N4O2/c1-4-15-38-21-13-9-19(10-14-21)26-22(16-25(37)35(5-2)6-3)27-33-23(18-7-11-20(29)12-8-18)17-24(28(30,31)32)36(27)34-26/h7-14,17H,4-6,15-16H2,1-3H3. The number of halogens is 4. The molecule has 2 aromatic heterocycles. The van der Waals surface area contributed by atoms with E-state index in [9.17, 15) is 18.0 Å². The Labute approximate surface area is 224 Å². The number of carbonyl (C=O) groups excluding carboxylic acids is 1. The number of carbonyl (C=O) groups is 1. The largest absolute Gasteiger partial charge is 0.494 e. The van der Waals surface area contributed by atoms with Gasteiger partial charge < -0.3 is 9.64 Å². The number of hydrogen-bond donors (Lipinski definition) is 0. The van der Waals surface area contributed by atoms with Crippen LogP contribution >= 0.6 is 11.6 Å². The minimum Gasteiger partial charge on any atom is -0.494 e. The molecule has 0 aliphatic rings. The van der Waals surface area contributed by atoms with E-state index in [0.717, 1.165) is 17.0 Å². The Balaban J connectivity index is 1.95. The lowest BCUT2D eigenvalue weighted by atomic mass is 10.0. The van der Waals surface area contributed by atoms with Crippen LogP contribution in [0.5, 0.6) is 5.75 Å². The molecule has 38 heavy (non-hydrogen) atoms. The SMILES string of the molecule is CCCOc1ccc(-c2nn3c(C(F)(F)F)cc(-c4ccc(Cl)cc4)nc3c2CC(=O)N(CC)CC)cc1. The maximum atomic E-state index is 14.3. The van der Waals surface area contributed by atoms with E-state index in [2.05, 4.69) is 10.1 Å². The first-order valence-electron chi connectivity index (χ1n) is 12.4. The zero-order chi connectivity index (χ0) is 27.4. The molecule has 0 saturated carbocycles. The van der Waals surface area contributed by atoms with Gasteiger partial charge in [0.15, 0.2) is 11.3 Å². The fourth-order valence-corrected chi connectivity index (χ4v) is 4.32. The van der Waals surface area contributed by atoms with Gasteiger partial charge in [-0.15, -0.1) is 0 Å². The van der Waals surface area contributed by atoms with Crippen LogP contribution in [-0.4, -0.2) is 45.1 Å². The van der Waals surface area contributed by atoms with Crippen LogP contribution in [-0.2, 0) is 17.4 Å². The van der Waals surface area contributed by atoms with Crippen LogP contribution in [0.4, 0.5) is 13.2 Å². The quantitative estimate of drug-likeness (QED) is 0.229. The number of fused-ring (bicyclic) bond motifs is 1. The molecule has 2 heterocycles. The van der Waals surface area contributed by atoms with Crippen molar-refractivity contribution in [2.45, 2.75) is 39.8 Å². The van der Waals surface area contributed by atoms with E-state index in [4.69, 9.17) is 16.3 Å². The number of ether oxygens (including phenoxy) is 1. The lowest BCUT2D eigenvalue weighted by Crippen LogP contribution is -2.31. The zero-order valence-corrected chi connectivity index (χ0v) is 22.1. The smallest absolute Gasteiger partial charge is 0.433 e. The second kappa shape index (κ2) is 11.4. The Hall–Kier alpha value is -3.59. The predicted octanol–water partition coefficient (Wildman–Crippen LogP) is 6.94. The van der Waals surface area contributed by atoms with Gasteiger partial charge in [-0.3, -0.25) is 4.79 Å². The minimum absolute atomic E-state index is 0.0217. The lowest BCUT2D eigenvalue weighted by molar-refractivity contribution is -0.142. The van der Waals surface area contributed by atoms with Crippen LogP contribution in [0.2, 0.25) is 5.02 Å². The van der Waals surface area contributed by atoms with Gasteiger partial charge in [-0.25, -0.2) is 9.50 Å². The molecule has 10 heteroatoms. The molecule has 6 nitrogen and oxygen atoms in total. The van der Waals surface area contributed by atoms with Gasteiger partial charge in [-0.05, 0) is 62.7 Å². The first kappa shape index (κ1) is 27.4. The van der Waals surface area contributed by atoms with Gasteiger partial charge >= 0.3 is 6.18 Å². The molecule has 0 unspecified atom stereocenters. The number of benzene rings is 2. The molecule has 0 radical (unpaired) electrons. The van der Waals surface area contributed by atoms with Gasteiger partial charge in [0.2, 0.25) is 5.91 Å². The van der Waals surface area contributed by atoms with Crippen molar-refractivity contribution in [2.75, 3.05) is 19.7 Å². The number of rotatable bonds is 9. The van der Waals surface area contributed by atoms with Crippen molar-refractivity contribution in [2.24, 2.45) is 0 Å². The molecule has 0 fully saturated rings. The van der Waals surface area contributed by atoms with Crippen molar-refractivity contribution >= 4 is 23.2 Å². The summed E-state index contributed by atoms with van der Waals surface area (Å²) in [6, 6.07) is 14.3. The number of likely N-dealkylation sites (N-methyl/N-ethyl adjacent to an activating group) is 1. The monoisotopic (exact) mass is 544 g/mol. The Kier molecular flexibility index (Phi) is 8.26. The molecule has 0 aliphatic carbocycles. The molecule has 0 aliphatic heterocycles. The Morgan fingerprint density at radius 1 is 1.00 bits per heavy atom. The third-order valence-corrected chi connectivity index (χ3v) is 6.41. The van der Waals surface area contributed by atoms with Crippen molar-refractivity contribution in [3.05, 3.63) is 70.9 Å². The summed E-state index contributed by atoms with van der Waals surface area (Å²) in [5, 5.41) is 4.81. The number of alkyl halides is 3. The summed E-state index contributed by atoms with van der Waals surface area (Å²) in [6.45, 7) is 7.20. The van der Waals surface area contributed by atoms with Gasteiger partial charge in [0.1, 0.15) is 5.75 Å². The van der Waals surface area contributed by atoms with E-state index >= 15 is 0 Å². The van der Waals surface area contributed by atoms with E-state index in [1.54, 1.807) is 53.4 Å². The van der Waals surface area contributed by atoms with E-state index in [0.29, 0.717) is 47.2 Å². The minimum atomic E-state index is -4.72. The maximum Gasteiger partial charge on any atom is 0.433 e. The van der Waals surface area contributed by atoms with Gasteiger partial charge in [0, 0.05) is 34.8 Å². The molecule has 4 aromatic rings.